The van der Waals surface area contributed by atoms with Crippen LogP contribution in [0.5, 0.6) is 11.5 Å². The highest BCUT2D eigenvalue weighted by Gasteiger charge is 2.41. The third-order valence-electron chi connectivity index (χ3n) is 5.04. The lowest BCUT2D eigenvalue weighted by atomic mass is 9.81. The zero-order valence-corrected chi connectivity index (χ0v) is 19.5. The van der Waals surface area contributed by atoms with Gasteiger partial charge in [-0.15, -0.1) is 11.3 Å². The van der Waals surface area contributed by atoms with Gasteiger partial charge in [0.05, 0.1) is 26.4 Å². The molecule has 6 nitrogen and oxygen atoms in total. The molecule has 0 saturated heterocycles. The highest BCUT2D eigenvalue weighted by molar-refractivity contribution is 7.16. The molecule has 2 aromatic rings. The average Bonchev–Trinajstić information content (AvgIpc) is 3.03. The van der Waals surface area contributed by atoms with Gasteiger partial charge < -0.3 is 19.5 Å². The predicted molar refractivity (Wildman–Crippen MR) is 121 cm³/mol. The van der Waals surface area contributed by atoms with E-state index in [0.29, 0.717) is 28.7 Å². The van der Waals surface area contributed by atoms with E-state index in [1.165, 1.54) is 0 Å². The van der Waals surface area contributed by atoms with Gasteiger partial charge in [0.1, 0.15) is 5.00 Å². The van der Waals surface area contributed by atoms with Gasteiger partial charge in [-0.05, 0) is 70.4 Å². The Kier molecular flexibility index (Phi) is 6.24. The van der Waals surface area contributed by atoms with Crippen LogP contribution in [-0.4, -0.2) is 38.5 Å². The predicted octanol–water partition coefficient (Wildman–Crippen LogP) is 4.85. The number of hydrogen-bond donors (Lipinski definition) is 1. The summed E-state index contributed by atoms with van der Waals surface area (Å²) in [7, 11) is 3.20. The number of thiophene rings is 1. The van der Waals surface area contributed by atoms with Crippen molar-refractivity contribution in [2.24, 2.45) is 4.99 Å². The number of esters is 1. The lowest BCUT2D eigenvalue weighted by Gasteiger charge is -2.42. The molecule has 1 N–H and O–H groups in total. The first-order valence-corrected chi connectivity index (χ1v) is 10.8. The van der Waals surface area contributed by atoms with Gasteiger partial charge in [-0.2, -0.15) is 0 Å². The minimum atomic E-state index is -0.317. The summed E-state index contributed by atoms with van der Waals surface area (Å²) in [5.41, 5.74) is 2.07. The second-order valence-electron chi connectivity index (χ2n) is 8.49. The summed E-state index contributed by atoms with van der Waals surface area (Å²) in [5.74, 6) is 0.969. The van der Waals surface area contributed by atoms with E-state index in [9.17, 15) is 4.79 Å². The number of aliphatic imine (C=N–C) groups is 1. The average molecular weight is 431 g/mol. The van der Waals surface area contributed by atoms with E-state index in [2.05, 4.69) is 33.0 Å². The molecular weight excluding hydrogens is 400 g/mol. The summed E-state index contributed by atoms with van der Waals surface area (Å²) in [6.45, 7) is 10.7. The van der Waals surface area contributed by atoms with Crippen molar-refractivity contribution >= 4 is 28.5 Å². The van der Waals surface area contributed by atoms with Crippen molar-refractivity contribution in [1.82, 2.24) is 5.32 Å². The molecule has 0 spiro atoms. The quantitative estimate of drug-likeness (QED) is 0.524. The Morgan fingerprint density at radius 2 is 1.90 bits per heavy atom. The van der Waals surface area contributed by atoms with Crippen molar-refractivity contribution in [2.75, 3.05) is 20.8 Å². The molecule has 30 heavy (non-hydrogen) atoms. The molecule has 0 bridgehead atoms. The van der Waals surface area contributed by atoms with Gasteiger partial charge >= 0.3 is 5.97 Å². The van der Waals surface area contributed by atoms with E-state index in [4.69, 9.17) is 19.2 Å². The maximum absolute atomic E-state index is 12.9. The molecular formula is C23H30N2O4S. The second-order valence-corrected chi connectivity index (χ2v) is 9.49. The van der Waals surface area contributed by atoms with Gasteiger partial charge in [0.25, 0.3) is 0 Å². The van der Waals surface area contributed by atoms with Crippen molar-refractivity contribution < 1.29 is 19.0 Å². The summed E-state index contributed by atoms with van der Waals surface area (Å²) in [6.07, 6.45) is 2.48. The first-order chi connectivity index (χ1) is 14.1. The molecule has 1 aliphatic rings. The number of fused-ring (bicyclic) bond motifs is 1. The molecule has 3 rings (SSSR count). The Hall–Kier alpha value is -2.38. The van der Waals surface area contributed by atoms with Crippen LogP contribution in [0.1, 0.15) is 61.0 Å². The highest BCUT2D eigenvalue weighted by atomic mass is 32.1. The Balaban J connectivity index is 2.08. The molecule has 0 saturated carbocycles. The molecule has 1 aliphatic heterocycles. The third kappa shape index (κ3) is 4.37. The van der Waals surface area contributed by atoms with E-state index >= 15 is 0 Å². The summed E-state index contributed by atoms with van der Waals surface area (Å²) in [5, 5.41) is 4.34. The molecule has 162 valence electrons. The number of nitrogens with one attached hydrogen (secondary N) is 1. The van der Waals surface area contributed by atoms with E-state index in [-0.39, 0.29) is 17.0 Å². The molecule has 1 aromatic heterocycles. The maximum Gasteiger partial charge on any atom is 0.341 e. The van der Waals surface area contributed by atoms with Crippen LogP contribution >= 0.6 is 11.3 Å². The molecule has 1 aromatic carbocycles. The molecule has 0 unspecified atom stereocenters. The van der Waals surface area contributed by atoms with Gasteiger partial charge in [0.15, 0.2) is 11.5 Å². The Morgan fingerprint density at radius 3 is 2.53 bits per heavy atom. The van der Waals surface area contributed by atoms with Crippen molar-refractivity contribution in [1.29, 1.82) is 0 Å². The highest BCUT2D eigenvalue weighted by Crippen LogP contribution is 2.46. The van der Waals surface area contributed by atoms with E-state index in [1.807, 2.05) is 25.1 Å². The number of rotatable bonds is 6. The number of ether oxygens (including phenoxy) is 3. The number of carbonyl (C=O) groups excluding carboxylic acids is 1. The van der Waals surface area contributed by atoms with Crippen molar-refractivity contribution in [3.05, 3.63) is 39.8 Å². The van der Waals surface area contributed by atoms with E-state index < -0.39 is 0 Å². The van der Waals surface area contributed by atoms with Crippen LogP contribution in [0, 0.1) is 0 Å². The van der Waals surface area contributed by atoms with Crippen LogP contribution in [0.2, 0.25) is 0 Å². The fraction of sp³-hybridized carbons (Fsp3) is 0.478. The zero-order chi connectivity index (χ0) is 22.1. The van der Waals surface area contributed by atoms with Crippen LogP contribution in [0.25, 0.3) is 0 Å². The van der Waals surface area contributed by atoms with Crippen LogP contribution < -0.4 is 14.8 Å². The smallest absolute Gasteiger partial charge is 0.341 e. The minimum Gasteiger partial charge on any atom is -0.493 e. The Labute approximate surface area is 182 Å². The Bertz CT molecular complexity index is 976. The maximum atomic E-state index is 12.9. The molecule has 0 aliphatic carbocycles. The summed E-state index contributed by atoms with van der Waals surface area (Å²) < 4.78 is 16.1. The van der Waals surface area contributed by atoms with Gasteiger partial charge in [-0.25, -0.2) is 9.79 Å². The molecule has 0 radical (unpaired) electrons. The topological polar surface area (TPSA) is 69.2 Å². The second kappa shape index (κ2) is 8.40. The lowest BCUT2D eigenvalue weighted by Crippen LogP contribution is -2.55. The fourth-order valence-corrected chi connectivity index (χ4v) is 5.30. The first-order valence-electron chi connectivity index (χ1n) is 10.0. The molecule has 0 fully saturated rings. The number of nitrogens with zero attached hydrogens (tertiary/aromatic N) is 1. The largest absolute Gasteiger partial charge is 0.493 e. The van der Waals surface area contributed by atoms with Crippen LogP contribution in [-0.2, 0) is 16.7 Å². The zero-order valence-electron chi connectivity index (χ0n) is 18.7. The normalized spacial score (nSPS) is 16.9. The monoisotopic (exact) mass is 430 g/mol. The lowest BCUT2D eigenvalue weighted by molar-refractivity contribution is 0.0525. The van der Waals surface area contributed by atoms with Gasteiger partial charge in [-0.1, -0.05) is 0 Å². The summed E-state index contributed by atoms with van der Waals surface area (Å²) in [6, 6.07) is 5.59. The number of carbonyl (C=O) groups is 1. The van der Waals surface area contributed by atoms with E-state index in [0.717, 1.165) is 22.4 Å². The standard InChI is InChI=1S/C23H30N2O4S/c1-8-29-21(26)18-15-12-22(2,3)25-23(4,5)19(15)30-20(18)24-13-14-9-10-16(27-6)17(11-14)28-7/h9-11,13,25H,8,12H2,1-7H3. The summed E-state index contributed by atoms with van der Waals surface area (Å²) in [4.78, 5) is 18.7. The van der Waals surface area contributed by atoms with Gasteiger partial charge in [0.2, 0.25) is 0 Å². The SMILES string of the molecule is CCOC(=O)c1c(N=Cc2ccc(OC)c(OC)c2)sc2c1CC(C)(C)NC2(C)C. The van der Waals surface area contributed by atoms with Gasteiger partial charge in [-0.3, -0.25) is 0 Å². The van der Waals surface area contributed by atoms with Gasteiger partial charge in [0, 0.05) is 22.2 Å². The molecule has 0 atom stereocenters. The Morgan fingerprint density at radius 1 is 1.20 bits per heavy atom. The van der Waals surface area contributed by atoms with Crippen LogP contribution in [0.4, 0.5) is 5.00 Å². The first kappa shape index (κ1) is 22.3. The minimum absolute atomic E-state index is 0.136. The van der Waals surface area contributed by atoms with Crippen molar-refractivity contribution in [3.63, 3.8) is 0 Å². The molecule has 2 heterocycles. The molecule has 0 amide bonds. The number of benzene rings is 1. The van der Waals surface area contributed by atoms with Crippen LogP contribution in [0.3, 0.4) is 0 Å². The molecule has 7 heteroatoms. The van der Waals surface area contributed by atoms with Crippen LogP contribution in [0.15, 0.2) is 23.2 Å². The fourth-order valence-electron chi connectivity index (χ4n) is 4.09. The van der Waals surface area contributed by atoms with Crippen molar-refractivity contribution in [2.45, 2.75) is 52.1 Å². The van der Waals surface area contributed by atoms with Crippen molar-refractivity contribution in [3.8, 4) is 11.5 Å². The van der Waals surface area contributed by atoms with E-state index in [1.54, 1.807) is 31.8 Å². The number of methoxy groups -OCH3 is 2. The number of hydrogen-bond acceptors (Lipinski definition) is 7. The summed E-state index contributed by atoms with van der Waals surface area (Å²) >= 11 is 1.54. The third-order valence-corrected chi connectivity index (χ3v) is 6.51.